The molecule has 1 N–H and O–H groups in total. The van der Waals surface area contributed by atoms with Gasteiger partial charge in [0.1, 0.15) is 17.5 Å². The van der Waals surface area contributed by atoms with Gasteiger partial charge in [-0.3, -0.25) is 4.79 Å². The summed E-state index contributed by atoms with van der Waals surface area (Å²) < 4.78 is 10.3. The minimum atomic E-state index is -0.483. The second kappa shape index (κ2) is 6.30. The Kier molecular flexibility index (Phi) is 4.21. The molecule has 0 fully saturated rings. The number of nitrogens with one attached hydrogen (secondary N) is 1. The molecular weight excluding hydrogens is 318 g/mol. The fourth-order valence-electron chi connectivity index (χ4n) is 2.37. The Morgan fingerprint density at radius 2 is 2.00 bits per heavy atom. The highest BCUT2D eigenvalue weighted by Crippen LogP contribution is 2.30. The zero-order valence-electron chi connectivity index (χ0n) is 12.3. The Morgan fingerprint density at radius 1 is 1.26 bits per heavy atom. The zero-order valence-corrected chi connectivity index (χ0v) is 13.1. The van der Waals surface area contributed by atoms with Crippen molar-refractivity contribution < 1.29 is 19.1 Å². The Hall–Kier alpha value is -2.53. The first-order chi connectivity index (χ1) is 11.0. The minimum Gasteiger partial charge on any atom is -0.427 e. The maximum atomic E-state index is 12.1. The number of ether oxygens (including phenoxy) is 2. The van der Waals surface area contributed by atoms with Gasteiger partial charge in [-0.1, -0.05) is 17.7 Å². The summed E-state index contributed by atoms with van der Waals surface area (Å²) in [5.41, 5.74) is 1.66. The maximum Gasteiger partial charge on any atom is 0.334 e. The molecule has 3 rings (SSSR count). The van der Waals surface area contributed by atoms with Crippen LogP contribution in [-0.4, -0.2) is 18.0 Å². The standard InChI is InChI=1S/C17H14ClNO4/c1-10(20)22-14-7-2-11-8-15(17(21)23-16(11)9-14)19-13-5-3-12(18)4-6-13/h2-7,9,15,19H,8H2,1H3. The second-order valence-electron chi connectivity index (χ2n) is 5.19. The molecule has 0 aromatic heterocycles. The monoisotopic (exact) mass is 331 g/mol. The molecule has 1 aliphatic heterocycles. The topological polar surface area (TPSA) is 64.6 Å². The summed E-state index contributed by atoms with van der Waals surface area (Å²) in [7, 11) is 0. The van der Waals surface area contributed by atoms with Gasteiger partial charge >= 0.3 is 11.9 Å². The van der Waals surface area contributed by atoms with E-state index in [2.05, 4.69) is 5.32 Å². The highest BCUT2D eigenvalue weighted by molar-refractivity contribution is 6.30. The quantitative estimate of drug-likeness (QED) is 0.691. The van der Waals surface area contributed by atoms with Gasteiger partial charge in [-0.2, -0.15) is 0 Å². The van der Waals surface area contributed by atoms with Crippen LogP contribution in [-0.2, 0) is 16.0 Å². The smallest absolute Gasteiger partial charge is 0.334 e. The summed E-state index contributed by atoms with van der Waals surface area (Å²) >= 11 is 5.85. The van der Waals surface area contributed by atoms with E-state index in [1.807, 2.05) is 0 Å². The van der Waals surface area contributed by atoms with E-state index in [9.17, 15) is 9.59 Å². The number of fused-ring (bicyclic) bond motifs is 1. The molecule has 6 heteroatoms. The fourth-order valence-corrected chi connectivity index (χ4v) is 2.49. The molecule has 0 bridgehead atoms. The first kappa shape index (κ1) is 15.4. The predicted octanol–water partition coefficient (Wildman–Crippen LogP) is 3.21. The number of carbonyl (C=O) groups excluding carboxylic acids is 2. The van der Waals surface area contributed by atoms with Gasteiger partial charge in [0.2, 0.25) is 0 Å². The van der Waals surface area contributed by atoms with Crippen LogP contribution in [0.2, 0.25) is 5.02 Å². The van der Waals surface area contributed by atoms with Crippen molar-refractivity contribution in [2.45, 2.75) is 19.4 Å². The van der Waals surface area contributed by atoms with Crippen molar-refractivity contribution in [2.24, 2.45) is 0 Å². The Bertz CT molecular complexity index is 758. The van der Waals surface area contributed by atoms with E-state index in [1.54, 1.807) is 42.5 Å². The molecule has 2 aromatic rings. The molecule has 1 aliphatic rings. The van der Waals surface area contributed by atoms with E-state index in [4.69, 9.17) is 21.1 Å². The van der Waals surface area contributed by atoms with Gasteiger partial charge in [0.25, 0.3) is 0 Å². The lowest BCUT2D eigenvalue weighted by atomic mass is 10.0. The van der Waals surface area contributed by atoms with Gasteiger partial charge in [0.05, 0.1) is 0 Å². The van der Waals surface area contributed by atoms with E-state index in [1.165, 1.54) is 6.92 Å². The van der Waals surface area contributed by atoms with Crippen molar-refractivity contribution in [2.75, 3.05) is 5.32 Å². The molecule has 0 amide bonds. The summed E-state index contributed by atoms with van der Waals surface area (Å²) in [4.78, 5) is 23.1. The lowest BCUT2D eigenvalue weighted by Gasteiger charge is -2.25. The second-order valence-corrected chi connectivity index (χ2v) is 5.63. The van der Waals surface area contributed by atoms with Crippen LogP contribution in [0.5, 0.6) is 11.5 Å². The Balaban J connectivity index is 1.76. The molecule has 0 saturated carbocycles. The van der Waals surface area contributed by atoms with Crippen LogP contribution in [0.1, 0.15) is 12.5 Å². The molecule has 1 atom stereocenters. The van der Waals surface area contributed by atoms with E-state index in [0.717, 1.165) is 11.3 Å². The summed E-state index contributed by atoms with van der Waals surface area (Å²) in [5, 5.41) is 3.76. The molecule has 23 heavy (non-hydrogen) atoms. The van der Waals surface area contributed by atoms with Crippen LogP contribution in [0.3, 0.4) is 0 Å². The van der Waals surface area contributed by atoms with Crippen molar-refractivity contribution in [3.63, 3.8) is 0 Å². The summed E-state index contributed by atoms with van der Waals surface area (Å²) in [6.07, 6.45) is 0.483. The van der Waals surface area contributed by atoms with Crippen LogP contribution in [0, 0.1) is 0 Å². The number of benzene rings is 2. The molecule has 2 aromatic carbocycles. The Morgan fingerprint density at radius 3 is 2.70 bits per heavy atom. The Labute approximate surface area is 138 Å². The van der Waals surface area contributed by atoms with E-state index in [0.29, 0.717) is 22.9 Å². The molecule has 1 unspecified atom stereocenters. The maximum absolute atomic E-state index is 12.1. The van der Waals surface area contributed by atoms with Crippen molar-refractivity contribution >= 4 is 29.2 Å². The predicted molar refractivity (Wildman–Crippen MR) is 86.0 cm³/mol. The fraction of sp³-hybridized carbons (Fsp3) is 0.176. The zero-order chi connectivity index (χ0) is 16.4. The third kappa shape index (κ3) is 3.63. The highest BCUT2D eigenvalue weighted by Gasteiger charge is 2.28. The average molecular weight is 332 g/mol. The number of rotatable bonds is 3. The third-order valence-electron chi connectivity index (χ3n) is 3.40. The SMILES string of the molecule is CC(=O)Oc1ccc2c(c1)OC(=O)C(Nc1ccc(Cl)cc1)C2. The van der Waals surface area contributed by atoms with Gasteiger partial charge in [0.15, 0.2) is 0 Å². The molecule has 1 heterocycles. The summed E-state index contributed by atoms with van der Waals surface area (Å²) in [6.45, 7) is 1.32. The van der Waals surface area contributed by atoms with Gasteiger partial charge in [-0.15, -0.1) is 0 Å². The van der Waals surface area contributed by atoms with Crippen molar-refractivity contribution in [1.29, 1.82) is 0 Å². The largest absolute Gasteiger partial charge is 0.427 e. The normalized spacial score (nSPS) is 16.3. The summed E-state index contributed by atoms with van der Waals surface area (Å²) in [6, 6.07) is 11.6. The first-order valence-electron chi connectivity index (χ1n) is 7.06. The first-order valence-corrected chi connectivity index (χ1v) is 7.44. The minimum absolute atomic E-state index is 0.355. The molecule has 5 nitrogen and oxygen atoms in total. The number of hydrogen-bond donors (Lipinski definition) is 1. The van der Waals surface area contributed by atoms with Crippen LogP contribution in [0.25, 0.3) is 0 Å². The van der Waals surface area contributed by atoms with Crippen LogP contribution >= 0.6 is 11.6 Å². The van der Waals surface area contributed by atoms with Crippen molar-refractivity contribution in [1.82, 2.24) is 0 Å². The van der Waals surface area contributed by atoms with E-state index >= 15 is 0 Å². The van der Waals surface area contributed by atoms with E-state index in [-0.39, 0.29) is 5.97 Å². The number of esters is 2. The lowest BCUT2D eigenvalue weighted by Crippen LogP contribution is -2.38. The van der Waals surface area contributed by atoms with Gasteiger partial charge in [-0.25, -0.2) is 4.79 Å². The van der Waals surface area contributed by atoms with Gasteiger partial charge < -0.3 is 14.8 Å². The number of carbonyl (C=O) groups is 2. The molecule has 0 saturated heterocycles. The number of anilines is 1. The van der Waals surface area contributed by atoms with Crippen LogP contribution in [0.15, 0.2) is 42.5 Å². The number of halogens is 1. The molecule has 0 aliphatic carbocycles. The highest BCUT2D eigenvalue weighted by atomic mass is 35.5. The molecule has 118 valence electrons. The molecule has 0 spiro atoms. The van der Waals surface area contributed by atoms with Gasteiger partial charge in [0, 0.05) is 30.1 Å². The third-order valence-corrected chi connectivity index (χ3v) is 3.66. The van der Waals surface area contributed by atoms with Crippen molar-refractivity contribution in [3.8, 4) is 11.5 Å². The molecular formula is C17H14ClNO4. The van der Waals surface area contributed by atoms with Crippen LogP contribution < -0.4 is 14.8 Å². The summed E-state index contributed by atoms with van der Waals surface area (Å²) in [5.74, 6) is -0.0298. The van der Waals surface area contributed by atoms with Crippen LogP contribution in [0.4, 0.5) is 5.69 Å². The lowest BCUT2D eigenvalue weighted by molar-refractivity contribution is -0.136. The average Bonchev–Trinajstić information content (AvgIpc) is 2.50. The molecule has 0 radical (unpaired) electrons. The number of hydrogen-bond acceptors (Lipinski definition) is 5. The van der Waals surface area contributed by atoms with Gasteiger partial charge in [-0.05, 0) is 35.9 Å². The van der Waals surface area contributed by atoms with E-state index < -0.39 is 12.0 Å². The van der Waals surface area contributed by atoms with Crippen molar-refractivity contribution in [3.05, 3.63) is 53.1 Å².